The summed E-state index contributed by atoms with van der Waals surface area (Å²) in [6.45, 7) is 5.50. The Morgan fingerprint density at radius 1 is 1.33 bits per heavy atom. The highest BCUT2D eigenvalue weighted by atomic mass is 16.4. The molecule has 0 atom stereocenters. The summed E-state index contributed by atoms with van der Waals surface area (Å²) in [7, 11) is 0. The quantitative estimate of drug-likeness (QED) is 0.795. The maximum absolute atomic E-state index is 12.6. The van der Waals surface area contributed by atoms with E-state index in [0.717, 1.165) is 32.4 Å². The Morgan fingerprint density at radius 3 is 2.52 bits per heavy atom. The molecule has 114 valence electrons. The van der Waals surface area contributed by atoms with E-state index in [4.69, 9.17) is 5.11 Å². The van der Waals surface area contributed by atoms with E-state index in [1.54, 1.807) is 19.1 Å². The van der Waals surface area contributed by atoms with E-state index in [0.29, 0.717) is 11.3 Å². The fourth-order valence-electron chi connectivity index (χ4n) is 2.89. The number of piperidine rings is 1. The molecule has 1 aromatic carbocycles. The summed E-state index contributed by atoms with van der Waals surface area (Å²) in [5.74, 6) is -0.914. The monoisotopic (exact) mass is 290 g/mol. The number of hydrogen-bond donors (Lipinski definition) is 3. The van der Waals surface area contributed by atoms with Crippen molar-refractivity contribution < 1.29 is 14.7 Å². The Labute approximate surface area is 124 Å². The second-order valence-corrected chi connectivity index (χ2v) is 5.67. The summed E-state index contributed by atoms with van der Waals surface area (Å²) >= 11 is 0. The van der Waals surface area contributed by atoms with Gasteiger partial charge in [-0.05, 0) is 63.0 Å². The molecule has 1 heterocycles. The van der Waals surface area contributed by atoms with E-state index in [2.05, 4.69) is 10.6 Å². The third-order valence-corrected chi connectivity index (χ3v) is 4.43. The van der Waals surface area contributed by atoms with E-state index in [-0.39, 0.29) is 16.9 Å². The van der Waals surface area contributed by atoms with Gasteiger partial charge in [-0.2, -0.15) is 0 Å². The highest BCUT2D eigenvalue weighted by molar-refractivity contribution is 5.96. The second kappa shape index (κ2) is 6.26. The zero-order chi connectivity index (χ0) is 15.5. The lowest BCUT2D eigenvalue weighted by atomic mass is 9.76. The van der Waals surface area contributed by atoms with Crippen LogP contribution < -0.4 is 10.6 Å². The number of amides is 1. The summed E-state index contributed by atoms with van der Waals surface area (Å²) in [5.41, 5.74) is 1.26. The van der Waals surface area contributed by atoms with Crippen LogP contribution in [0.25, 0.3) is 0 Å². The first-order chi connectivity index (χ1) is 9.98. The minimum atomic E-state index is -0.950. The van der Waals surface area contributed by atoms with Crippen molar-refractivity contribution in [2.24, 2.45) is 5.41 Å². The van der Waals surface area contributed by atoms with Gasteiger partial charge in [-0.15, -0.1) is 0 Å². The first-order valence-corrected chi connectivity index (χ1v) is 7.34. The lowest BCUT2D eigenvalue weighted by Crippen LogP contribution is -2.44. The van der Waals surface area contributed by atoms with Crippen molar-refractivity contribution in [3.8, 4) is 0 Å². The first kappa shape index (κ1) is 15.5. The molecule has 1 aliphatic rings. The molecule has 1 saturated heterocycles. The molecular weight excluding hydrogens is 268 g/mol. The van der Waals surface area contributed by atoms with Crippen LogP contribution in [0.3, 0.4) is 0 Å². The average molecular weight is 290 g/mol. The second-order valence-electron chi connectivity index (χ2n) is 5.67. The number of carboxylic acid groups (broad SMARTS) is 1. The predicted octanol–water partition coefficient (Wildman–Crippen LogP) is 2.41. The van der Waals surface area contributed by atoms with Crippen molar-refractivity contribution in [1.82, 2.24) is 5.32 Å². The SMILES string of the molecule is CCC1(C(=O)Nc2ccc(C(=O)O)c(C)c2)CCNCC1. The lowest BCUT2D eigenvalue weighted by molar-refractivity contribution is -0.127. The molecule has 0 radical (unpaired) electrons. The molecule has 5 nitrogen and oxygen atoms in total. The van der Waals surface area contributed by atoms with Crippen molar-refractivity contribution in [1.29, 1.82) is 0 Å². The number of benzene rings is 1. The van der Waals surface area contributed by atoms with Crippen LogP contribution >= 0.6 is 0 Å². The normalized spacial score (nSPS) is 17.2. The molecule has 3 N–H and O–H groups in total. The van der Waals surface area contributed by atoms with Gasteiger partial charge < -0.3 is 15.7 Å². The van der Waals surface area contributed by atoms with Gasteiger partial charge in [-0.3, -0.25) is 4.79 Å². The van der Waals surface area contributed by atoms with Crippen LogP contribution in [0.5, 0.6) is 0 Å². The van der Waals surface area contributed by atoms with E-state index < -0.39 is 5.97 Å². The van der Waals surface area contributed by atoms with Crippen LogP contribution in [0.4, 0.5) is 5.69 Å². The molecule has 1 amide bonds. The number of aryl methyl sites for hydroxylation is 1. The molecule has 1 aliphatic heterocycles. The Balaban J connectivity index is 2.15. The van der Waals surface area contributed by atoms with Crippen molar-refractivity contribution in [2.45, 2.75) is 33.1 Å². The highest BCUT2D eigenvalue weighted by Crippen LogP contribution is 2.34. The topological polar surface area (TPSA) is 78.4 Å². The number of carbonyl (C=O) groups is 2. The smallest absolute Gasteiger partial charge is 0.335 e. The zero-order valence-electron chi connectivity index (χ0n) is 12.5. The maximum Gasteiger partial charge on any atom is 0.335 e. The molecule has 1 fully saturated rings. The molecule has 0 aromatic heterocycles. The molecule has 5 heteroatoms. The highest BCUT2D eigenvalue weighted by Gasteiger charge is 2.37. The Bertz CT molecular complexity index is 548. The lowest BCUT2D eigenvalue weighted by Gasteiger charge is -2.35. The molecule has 0 saturated carbocycles. The van der Waals surface area contributed by atoms with Crippen molar-refractivity contribution >= 4 is 17.6 Å². The number of rotatable bonds is 4. The average Bonchev–Trinajstić information content (AvgIpc) is 2.47. The fraction of sp³-hybridized carbons (Fsp3) is 0.500. The summed E-state index contributed by atoms with van der Waals surface area (Å²) < 4.78 is 0. The van der Waals surface area contributed by atoms with Crippen molar-refractivity contribution in [2.75, 3.05) is 18.4 Å². The Kier molecular flexibility index (Phi) is 4.63. The summed E-state index contributed by atoms with van der Waals surface area (Å²) in [6, 6.07) is 4.90. The van der Waals surface area contributed by atoms with Gasteiger partial charge >= 0.3 is 5.97 Å². The van der Waals surface area contributed by atoms with Gasteiger partial charge in [0.2, 0.25) is 5.91 Å². The molecule has 0 unspecified atom stereocenters. The minimum absolute atomic E-state index is 0.0361. The van der Waals surface area contributed by atoms with E-state index >= 15 is 0 Å². The van der Waals surface area contributed by atoms with Gasteiger partial charge in [0.1, 0.15) is 0 Å². The summed E-state index contributed by atoms with van der Waals surface area (Å²) in [5, 5.41) is 15.3. The fourth-order valence-corrected chi connectivity index (χ4v) is 2.89. The number of hydrogen-bond acceptors (Lipinski definition) is 3. The van der Waals surface area contributed by atoms with Crippen LogP contribution in [0, 0.1) is 12.3 Å². The summed E-state index contributed by atoms with van der Waals surface area (Å²) in [6.07, 6.45) is 2.48. The van der Waals surface area contributed by atoms with Crippen LogP contribution in [-0.2, 0) is 4.79 Å². The maximum atomic E-state index is 12.6. The van der Waals surface area contributed by atoms with Crippen molar-refractivity contribution in [3.05, 3.63) is 29.3 Å². The van der Waals surface area contributed by atoms with Gasteiger partial charge in [0, 0.05) is 5.69 Å². The van der Waals surface area contributed by atoms with Crippen LogP contribution in [0.2, 0.25) is 0 Å². The largest absolute Gasteiger partial charge is 0.478 e. The van der Waals surface area contributed by atoms with Crippen LogP contribution in [-0.4, -0.2) is 30.1 Å². The molecule has 1 aromatic rings. The third kappa shape index (κ3) is 3.24. The minimum Gasteiger partial charge on any atom is -0.478 e. The van der Waals surface area contributed by atoms with E-state index in [1.807, 2.05) is 6.92 Å². The standard InChI is InChI=1S/C16H22N2O3/c1-3-16(6-8-17-9-7-16)15(21)18-12-4-5-13(14(19)20)11(2)10-12/h4-5,10,17H,3,6-9H2,1-2H3,(H,18,21)(H,19,20). The van der Waals surface area contributed by atoms with Crippen LogP contribution in [0.1, 0.15) is 42.1 Å². The first-order valence-electron chi connectivity index (χ1n) is 7.34. The Morgan fingerprint density at radius 2 is 2.00 bits per heavy atom. The number of carboxylic acids is 1. The molecule has 21 heavy (non-hydrogen) atoms. The number of nitrogens with one attached hydrogen (secondary N) is 2. The molecule has 0 bridgehead atoms. The van der Waals surface area contributed by atoms with Gasteiger partial charge in [-0.1, -0.05) is 6.92 Å². The molecule has 0 aliphatic carbocycles. The predicted molar refractivity (Wildman–Crippen MR) is 81.6 cm³/mol. The number of anilines is 1. The van der Waals surface area contributed by atoms with Crippen LogP contribution in [0.15, 0.2) is 18.2 Å². The van der Waals surface area contributed by atoms with Crippen molar-refractivity contribution in [3.63, 3.8) is 0 Å². The van der Waals surface area contributed by atoms with Gasteiger partial charge in [-0.25, -0.2) is 4.79 Å². The van der Waals surface area contributed by atoms with E-state index in [1.165, 1.54) is 6.07 Å². The van der Waals surface area contributed by atoms with Gasteiger partial charge in [0.05, 0.1) is 11.0 Å². The molecular formula is C16H22N2O3. The molecule has 2 rings (SSSR count). The Hall–Kier alpha value is -1.88. The number of aromatic carboxylic acids is 1. The van der Waals surface area contributed by atoms with Gasteiger partial charge in [0.15, 0.2) is 0 Å². The zero-order valence-corrected chi connectivity index (χ0v) is 12.5. The third-order valence-electron chi connectivity index (χ3n) is 4.43. The van der Waals surface area contributed by atoms with Gasteiger partial charge in [0.25, 0.3) is 0 Å². The van der Waals surface area contributed by atoms with E-state index in [9.17, 15) is 9.59 Å². The molecule has 0 spiro atoms. The summed E-state index contributed by atoms with van der Waals surface area (Å²) in [4.78, 5) is 23.6. The number of carbonyl (C=O) groups excluding carboxylic acids is 1.